The summed E-state index contributed by atoms with van der Waals surface area (Å²) in [6.07, 6.45) is 0.783. The highest BCUT2D eigenvalue weighted by Gasteiger charge is 2.21. The minimum absolute atomic E-state index is 0.244. The Hall–Kier alpha value is -0.850. The van der Waals surface area contributed by atoms with E-state index in [1.165, 1.54) is 0 Å². The summed E-state index contributed by atoms with van der Waals surface area (Å²) < 4.78 is 10.9. The topological polar surface area (TPSA) is 62.8 Å². The largest absolute Gasteiger partial charge is 0.444 e. The summed E-state index contributed by atoms with van der Waals surface area (Å²) in [5, 5.41) is 6.92. The molecule has 0 aromatic carbocycles. The second kappa shape index (κ2) is 9.33. The van der Waals surface area contributed by atoms with Gasteiger partial charge in [0.05, 0.1) is 13.2 Å². The third kappa shape index (κ3) is 7.96. The Morgan fingerprint density at radius 1 is 1.50 bits per heavy atom. The molecule has 0 aromatic heterocycles. The summed E-state index contributed by atoms with van der Waals surface area (Å²) >= 11 is 0. The molecule has 1 aliphatic heterocycles. The molecule has 6 nitrogen and oxygen atoms in total. The maximum Gasteiger partial charge on any atom is 0.410 e. The molecule has 2 unspecified atom stereocenters. The molecular weight excluding hydrogens is 282 g/mol. The van der Waals surface area contributed by atoms with Gasteiger partial charge in [-0.05, 0) is 41.0 Å². The van der Waals surface area contributed by atoms with E-state index in [1.807, 2.05) is 27.7 Å². The molecule has 1 rings (SSSR count). The van der Waals surface area contributed by atoms with Gasteiger partial charge in [0.25, 0.3) is 0 Å². The molecule has 1 heterocycles. The Labute approximate surface area is 134 Å². The molecular formula is C16H33N3O3. The first-order chi connectivity index (χ1) is 10.3. The standard InChI is InChI=1S/C16H33N3O3/c1-6-19(15(20)22-16(3,4)5)9-7-17-13(2)11-14-12-21-10-8-18-14/h13-14,17-18H,6-12H2,1-5H3. The van der Waals surface area contributed by atoms with Crippen LogP contribution in [0.25, 0.3) is 0 Å². The highest BCUT2D eigenvalue weighted by atomic mass is 16.6. The number of carbonyl (C=O) groups excluding carboxylic acids is 1. The predicted octanol–water partition coefficient (Wildman–Crippen LogP) is 1.60. The van der Waals surface area contributed by atoms with Crippen LogP contribution in [-0.4, -0.2) is 68.1 Å². The number of carbonyl (C=O) groups is 1. The van der Waals surface area contributed by atoms with E-state index in [-0.39, 0.29) is 6.09 Å². The number of hydrogen-bond acceptors (Lipinski definition) is 5. The molecule has 0 bridgehead atoms. The van der Waals surface area contributed by atoms with Crippen molar-refractivity contribution < 1.29 is 14.3 Å². The summed E-state index contributed by atoms with van der Waals surface area (Å²) in [7, 11) is 0. The number of rotatable bonds is 7. The molecule has 0 spiro atoms. The van der Waals surface area contributed by atoms with Crippen molar-refractivity contribution >= 4 is 6.09 Å². The van der Waals surface area contributed by atoms with Crippen molar-refractivity contribution in [2.75, 3.05) is 39.4 Å². The van der Waals surface area contributed by atoms with E-state index >= 15 is 0 Å². The van der Waals surface area contributed by atoms with Gasteiger partial charge in [-0.15, -0.1) is 0 Å². The summed E-state index contributed by atoms with van der Waals surface area (Å²) in [4.78, 5) is 13.8. The summed E-state index contributed by atoms with van der Waals surface area (Å²) in [6.45, 7) is 14.4. The minimum Gasteiger partial charge on any atom is -0.444 e. The van der Waals surface area contributed by atoms with E-state index in [1.54, 1.807) is 4.90 Å². The third-order valence-corrected chi connectivity index (χ3v) is 3.54. The normalized spacial score (nSPS) is 20.5. The number of morpholine rings is 1. The Morgan fingerprint density at radius 3 is 2.77 bits per heavy atom. The van der Waals surface area contributed by atoms with Gasteiger partial charge in [0.1, 0.15) is 5.60 Å². The van der Waals surface area contributed by atoms with Crippen LogP contribution in [0.5, 0.6) is 0 Å². The lowest BCUT2D eigenvalue weighted by Crippen LogP contribution is -2.46. The number of ether oxygens (including phenoxy) is 2. The maximum absolute atomic E-state index is 12.0. The van der Waals surface area contributed by atoms with Gasteiger partial charge in [-0.2, -0.15) is 0 Å². The van der Waals surface area contributed by atoms with Crippen LogP contribution in [0.3, 0.4) is 0 Å². The Bertz CT molecular complexity index is 325. The van der Waals surface area contributed by atoms with Crippen LogP contribution in [0.2, 0.25) is 0 Å². The Morgan fingerprint density at radius 2 is 2.23 bits per heavy atom. The number of hydrogen-bond donors (Lipinski definition) is 2. The fraction of sp³-hybridized carbons (Fsp3) is 0.938. The molecule has 1 fully saturated rings. The second-order valence-corrected chi connectivity index (χ2v) is 6.88. The van der Waals surface area contributed by atoms with E-state index in [0.29, 0.717) is 25.2 Å². The van der Waals surface area contributed by atoms with Crippen LogP contribution >= 0.6 is 0 Å². The lowest BCUT2D eigenvalue weighted by Gasteiger charge is -2.28. The zero-order valence-corrected chi connectivity index (χ0v) is 14.8. The molecule has 2 N–H and O–H groups in total. The SMILES string of the molecule is CCN(CCNC(C)CC1COCCN1)C(=O)OC(C)(C)C. The van der Waals surface area contributed by atoms with Crippen molar-refractivity contribution in [1.29, 1.82) is 0 Å². The number of nitrogens with zero attached hydrogens (tertiary/aromatic N) is 1. The molecule has 6 heteroatoms. The third-order valence-electron chi connectivity index (χ3n) is 3.54. The van der Waals surface area contributed by atoms with Crippen LogP contribution < -0.4 is 10.6 Å². The first-order valence-corrected chi connectivity index (χ1v) is 8.34. The quantitative estimate of drug-likeness (QED) is 0.747. The highest BCUT2D eigenvalue weighted by Crippen LogP contribution is 2.09. The second-order valence-electron chi connectivity index (χ2n) is 6.88. The molecule has 0 aromatic rings. The van der Waals surface area contributed by atoms with Crippen molar-refractivity contribution in [2.24, 2.45) is 0 Å². The molecule has 1 aliphatic rings. The van der Waals surface area contributed by atoms with Crippen LogP contribution in [0.15, 0.2) is 0 Å². The van der Waals surface area contributed by atoms with Crippen molar-refractivity contribution in [1.82, 2.24) is 15.5 Å². The molecule has 0 radical (unpaired) electrons. The number of nitrogens with one attached hydrogen (secondary N) is 2. The first-order valence-electron chi connectivity index (χ1n) is 8.34. The summed E-state index contributed by atoms with van der Waals surface area (Å²) in [5.41, 5.74) is -0.447. The van der Waals surface area contributed by atoms with Gasteiger partial charge in [0.2, 0.25) is 0 Å². The summed E-state index contributed by atoms with van der Waals surface area (Å²) in [6, 6.07) is 0.806. The van der Waals surface area contributed by atoms with Gasteiger partial charge in [0, 0.05) is 38.3 Å². The molecule has 0 saturated carbocycles. The van der Waals surface area contributed by atoms with Crippen LogP contribution in [0.1, 0.15) is 41.0 Å². The fourth-order valence-electron chi connectivity index (χ4n) is 2.43. The lowest BCUT2D eigenvalue weighted by molar-refractivity contribution is 0.0260. The maximum atomic E-state index is 12.0. The average molecular weight is 315 g/mol. The fourth-order valence-corrected chi connectivity index (χ4v) is 2.43. The minimum atomic E-state index is -0.447. The molecule has 0 aliphatic carbocycles. The average Bonchev–Trinajstić information content (AvgIpc) is 2.42. The van der Waals surface area contributed by atoms with Gasteiger partial charge in [0.15, 0.2) is 0 Å². The molecule has 2 atom stereocenters. The van der Waals surface area contributed by atoms with Gasteiger partial charge in [-0.25, -0.2) is 4.79 Å². The Kier molecular flexibility index (Phi) is 8.14. The van der Waals surface area contributed by atoms with E-state index < -0.39 is 5.60 Å². The van der Waals surface area contributed by atoms with E-state index in [4.69, 9.17) is 9.47 Å². The van der Waals surface area contributed by atoms with Gasteiger partial charge >= 0.3 is 6.09 Å². The molecule has 1 amide bonds. The molecule has 130 valence electrons. The van der Waals surface area contributed by atoms with Crippen molar-refractivity contribution in [3.05, 3.63) is 0 Å². The molecule has 22 heavy (non-hydrogen) atoms. The monoisotopic (exact) mass is 315 g/mol. The molecule has 1 saturated heterocycles. The van der Waals surface area contributed by atoms with Gasteiger partial charge in [-0.1, -0.05) is 0 Å². The summed E-state index contributed by atoms with van der Waals surface area (Å²) in [5.74, 6) is 0. The first kappa shape index (κ1) is 19.2. The lowest BCUT2D eigenvalue weighted by atomic mass is 10.1. The van der Waals surface area contributed by atoms with E-state index in [9.17, 15) is 4.79 Å². The van der Waals surface area contributed by atoms with Crippen LogP contribution in [0, 0.1) is 0 Å². The number of amides is 1. The number of likely N-dealkylation sites (N-methyl/N-ethyl adjacent to an activating group) is 1. The van der Waals surface area contributed by atoms with Crippen LogP contribution in [-0.2, 0) is 9.47 Å². The zero-order chi connectivity index (χ0) is 16.6. The van der Waals surface area contributed by atoms with Crippen LogP contribution in [0.4, 0.5) is 4.79 Å². The van der Waals surface area contributed by atoms with E-state index in [0.717, 1.165) is 32.7 Å². The smallest absolute Gasteiger partial charge is 0.410 e. The van der Waals surface area contributed by atoms with Crippen molar-refractivity contribution in [3.63, 3.8) is 0 Å². The van der Waals surface area contributed by atoms with Crippen molar-refractivity contribution in [3.8, 4) is 0 Å². The van der Waals surface area contributed by atoms with Gasteiger partial charge in [-0.3, -0.25) is 0 Å². The van der Waals surface area contributed by atoms with Gasteiger partial charge < -0.3 is 25.0 Å². The highest BCUT2D eigenvalue weighted by molar-refractivity contribution is 5.68. The predicted molar refractivity (Wildman–Crippen MR) is 88.2 cm³/mol. The Balaban J connectivity index is 2.23. The van der Waals surface area contributed by atoms with E-state index in [2.05, 4.69) is 17.6 Å². The zero-order valence-electron chi connectivity index (χ0n) is 14.8. The van der Waals surface area contributed by atoms with Crippen molar-refractivity contribution in [2.45, 2.75) is 58.7 Å².